The van der Waals surface area contributed by atoms with E-state index in [1.54, 1.807) is 0 Å². The van der Waals surface area contributed by atoms with Crippen molar-refractivity contribution in [2.45, 2.75) is 29.7 Å². The zero-order chi connectivity index (χ0) is 18.3. The number of benzene rings is 1. The highest BCUT2D eigenvalue weighted by molar-refractivity contribution is 6.22. The third-order valence-corrected chi connectivity index (χ3v) is 3.38. The Morgan fingerprint density at radius 3 is 2.38 bits per heavy atom. The Balaban J connectivity index is 2.28. The fourth-order valence-electron chi connectivity index (χ4n) is 1.91. The van der Waals surface area contributed by atoms with Crippen LogP contribution in [0.5, 0.6) is 0 Å². The fraction of sp³-hybridized carbons (Fsp3) is 0.417. The maximum absolute atomic E-state index is 13.9. The Kier molecular flexibility index (Phi) is 4.76. The number of aliphatic hydroxyl groups excluding tert-OH is 1. The van der Waals surface area contributed by atoms with Crippen LogP contribution in [0.25, 0.3) is 0 Å². The molecule has 1 saturated heterocycles. The van der Waals surface area contributed by atoms with Crippen molar-refractivity contribution in [1.82, 2.24) is 10.4 Å². The van der Waals surface area contributed by atoms with Crippen LogP contribution in [0.15, 0.2) is 30.3 Å². The van der Waals surface area contributed by atoms with E-state index >= 15 is 0 Å². The molecule has 1 aromatic carbocycles. The van der Waals surface area contributed by atoms with Gasteiger partial charge in [0, 0.05) is 0 Å². The zero-order valence-electron chi connectivity index (χ0n) is 11.5. The normalized spacial score (nSPS) is 34.8. The van der Waals surface area contributed by atoms with Gasteiger partial charge >= 0.3 is 12.1 Å². The summed E-state index contributed by atoms with van der Waals surface area (Å²) in [5.74, 6) is -6.17. The number of hydrogen-bond acceptors (Lipinski definition) is 6. The Morgan fingerprint density at radius 1 is 1.33 bits per heavy atom. The highest BCUT2D eigenvalue weighted by Gasteiger charge is 2.72. The molecule has 2 rings (SSSR count). The van der Waals surface area contributed by atoms with Crippen LogP contribution < -0.4 is 5.32 Å². The quantitative estimate of drug-likeness (QED) is 0.411. The molecule has 1 fully saturated rings. The van der Waals surface area contributed by atoms with E-state index in [0.29, 0.717) is 0 Å². The summed E-state index contributed by atoms with van der Waals surface area (Å²) in [6.07, 6.45) is -12.6. The molecule has 0 bridgehead atoms. The Morgan fingerprint density at radius 2 is 1.88 bits per heavy atom. The number of aliphatic hydroxyl groups is 2. The monoisotopic (exact) mass is 376 g/mol. The lowest BCUT2D eigenvalue weighted by Gasteiger charge is -2.48. The molecular weight excluding hydrogens is 367 g/mol. The molecule has 6 nitrogen and oxygen atoms in total. The summed E-state index contributed by atoms with van der Waals surface area (Å²) in [6, 6.07) is 6.79. The van der Waals surface area contributed by atoms with Crippen molar-refractivity contribution < 1.29 is 41.8 Å². The minimum absolute atomic E-state index is 0.152. The number of carbonyl (C=O) groups excluding carboxylic acids is 1. The third-order valence-electron chi connectivity index (χ3n) is 3.12. The number of rotatable bonds is 2. The molecule has 0 spiro atoms. The molecule has 24 heavy (non-hydrogen) atoms. The number of nitrogens with zero attached hydrogens (tertiary/aromatic N) is 1. The molecule has 4 atom stereocenters. The number of halogens is 6. The Labute approximate surface area is 136 Å². The fourth-order valence-corrected chi connectivity index (χ4v) is 2.19. The highest BCUT2D eigenvalue weighted by atomic mass is 35.5. The van der Waals surface area contributed by atoms with Gasteiger partial charge in [0.25, 0.3) is 11.1 Å². The molecule has 1 aromatic rings. The van der Waals surface area contributed by atoms with Gasteiger partial charge in [-0.05, 0) is 28.8 Å². The van der Waals surface area contributed by atoms with Crippen LogP contribution in [0.1, 0.15) is 10.4 Å². The Hall–Kier alpha value is -1.53. The number of nitrogens with one attached hydrogen (secondary N) is 1. The molecule has 0 aliphatic carbocycles. The van der Waals surface area contributed by atoms with Crippen molar-refractivity contribution in [3.63, 3.8) is 0 Å². The summed E-state index contributed by atoms with van der Waals surface area (Å²) in [4.78, 5) is 16.2. The topological polar surface area (TPSA) is 82.0 Å². The lowest BCUT2D eigenvalue weighted by molar-refractivity contribution is -0.390. The first-order valence-electron chi connectivity index (χ1n) is 6.25. The summed E-state index contributed by atoms with van der Waals surface area (Å²) in [5.41, 5.74) is -0.152. The lowest BCUT2D eigenvalue weighted by Crippen LogP contribution is -2.79. The molecule has 0 amide bonds. The average Bonchev–Trinajstić information content (AvgIpc) is 2.48. The van der Waals surface area contributed by atoms with Gasteiger partial charge < -0.3 is 15.1 Å². The standard InChI is InChI=1S/C12H10ClF5N2O4/c13-12(23)19-10(15,11(16,17)18)7(14)8(21)20(12)24-9(22)6-4-2-1-3-5-6/h1-5,7-8,19,21,23H. The van der Waals surface area contributed by atoms with Crippen LogP contribution in [0.2, 0.25) is 0 Å². The maximum Gasteiger partial charge on any atom is 0.439 e. The van der Waals surface area contributed by atoms with Gasteiger partial charge in [-0.3, -0.25) is 0 Å². The smallest absolute Gasteiger partial charge is 0.372 e. The summed E-state index contributed by atoms with van der Waals surface area (Å²) < 4.78 is 65.6. The summed E-state index contributed by atoms with van der Waals surface area (Å²) in [5, 5.41) is 15.9. The summed E-state index contributed by atoms with van der Waals surface area (Å²) in [7, 11) is 0. The van der Waals surface area contributed by atoms with Crippen molar-refractivity contribution in [3.05, 3.63) is 35.9 Å². The molecule has 1 aliphatic heterocycles. The van der Waals surface area contributed by atoms with Gasteiger partial charge in [-0.1, -0.05) is 18.2 Å². The van der Waals surface area contributed by atoms with Gasteiger partial charge in [0.15, 0.2) is 12.4 Å². The number of alkyl halides is 6. The van der Waals surface area contributed by atoms with E-state index in [0.717, 1.165) is 5.32 Å². The van der Waals surface area contributed by atoms with Gasteiger partial charge in [0.1, 0.15) is 0 Å². The SMILES string of the molecule is O=C(ON1C(O)C(F)C(F)(C(F)(F)F)NC1(O)Cl)c1ccccc1. The van der Waals surface area contributed by atoms with E-state index in [2.05, 4.69) is 4.84 Å². The van der Waals surface area contributed by atoms with Gasteiger partial charge in [0.2, 0.25) is 0 Å². The molecule has 4 unspecified atom stereocenters. The minimum atomic E-state index is -5.87. The van der Waals surface area contributed by atoms with E-state index in [4.69, 9.17) is 11.6 Å². The van der Waals surface area contributed by atoms with Crippen LogP contribution >= 0.6 is 11.6 Å². The molecule has 0 radical (unpaired) electrons. The molecule has 1 heterocycles. The van der Waals surface area contributed by atoms with Crippen molar-refractivity contribution in [2.75, 3.05) is 0 Å². The number of hydrogen-bond donors (Lipinski definition) is 3. The predicted molar refractivity (Wildman–Crippen MR) is 68.4 cm³/mol. The molecule has 3 N–H and O–H groups in total. The summed E-state index contributed by atoms with van der Waals surface area (Å²) in [6.45, 7) is 0. The largest absolute Gasteiger partial charge is 0.439 e. The van der Waals surface area contributed by atoms with Crippen molar-refractivity contribution in [3.8, 4) is 0 Å². The predicted octanol–water partition coefficient (Wildman–Crippen LogP) is 1.39. The van der Waals surface area contributed by atoms with Crippen LogP contribution in [-0.4, -0.2) is 50.9 Å². The first-order chi connectivity index (χ1) is 10.9. The van der Waals surface area contributed by atoms with Gasteiger partial charge in [-0.25, -0.2) is 18.9 Å². The van der Waals surface area contributed by atoms with Crippen molar-refractivity contribution in [2.24, 2.45) is 0 Å². The second-order valence-electron chi connectivity index (χ2n) is 4.81. The molecule has 1 aliphatic rings. The van der Waals surface area contributed by atoms with E-state index in [9.17, 15) is 37.0 Å². The first kappa shape index (κ1) is 18.8. The van der Waals surface area contributed by atoms with Crippen LogP contribution in [0, 0.1) is 0 Å². The molecule has 12 heteroatoms. The zero-order valence-corrected chi connectivity index (χ0v) is 12.2. The second-order valence-corrected chi connectivity index (χ2v) is 5.33. The third kappa shape index (κ3) is 3.17. The molecule has 0 aromatic heterocycles. The highest BCUT2D eigenvalue weighted by Crippen LogP contribution is 2.44. The van der Waals surface area contributed by atoms with Crippen LogP contribution in [0.4, 0.5) is 22.0 Å². The van der Waals surface area contributed by atoms with Crippen molar-refractivity contribution >= 4 is 17.6 Å². The van der Waals surface area contributed by atoms with E-state index in [1.807, 2.05) is 0 Å². The number of carbonyl (C=O) groups is 1. The lowest BCUT2D eigenvalue weighted by atomic mass is 10.1. The van der Waals surface area contributed by atoms with E-state index < -0.39 is 40.7 Å². The minimum Gasteiger partial charge on any atom is -0.372 e. The van der Waals surface area contributed by atoms with Gasteiger partial charge in [-0.15, -0.1) is 0 Å². The van der Waals surface area contributed by atoms with E-state index in [-0.39, 0.29) is 5.56 Å². The van der Waals surface area contributed by atoms with Crippen LogP contribution in [0.3, 0.4) is 0 Å². The molecular formula is C12H10ClF5N2O4. The summed E-state index contributed by atoms with van der Waals surface area (Å²) >= 11 is 5.25. The number of hydroxylamine groups is 2. The van der Waals surface area contributed by atoms with Crippen LogP contribution in [-0.2, 0) is 4.84 Å². The first-order valence-corrected chi connectivity index (χ1v) is 6.63. The van der Waals surface area contributed by atoms with Gasteiger partial charge in [-0.2, -0.15) is 13.2 Å². The Bertz CT molecular complexity index is 617. The maximum atomic E-state index is 13.9. The van der Waals surface area contributed by atoms with Crippen molar-refractivity contribution in [1.29, 1.82) is 0 Å². The van der Waals surface area contributed by atoms with E-state index in [1.165, 1.54) is 30.3 Å². The molecule has 0 saturated carbocycles. The second kappa shape index (κ2) is 6.08. The average molecular weight is 377 g/mol. The van der Waals surface area contributed by atoms with Gasteiger partial charge in [0.05, 0.1) is 5.56 Å². The molecule has 134 valence electrons.